The number of hydrogen-bond acceptors (Lipinski definition) is 10. The maximum atomic E-state index is 5.65. The molecular weight excluding hydrogens is 444 g/mol. The molecule has 0 spiro atoms. The van der Waals surface area contributed by atoms with Crippen molar-refractivity contribution in [1.82, 2.24) is 30.2 Å². The van der Waals surface area contributed by atoms with Crippen molar-refractivity contribution >= 4 is 28.5 Å². The van der Waals surface area contributed by atoms with Crippen LogP contribution >= 0.6 is 0 Å². The summed E-state index contributed by atoms with van der Waals surface area (Å²) in [6, 6.07) is 6.27. The lowest BCUT2D eigenvalue weighted by Gasteiger charge is -2.27. The number of anilines is 3. The lowest BCUT2D eigenvalue weighted by atomic mass is 10.1. The standard InChI is InChI=1S/C25H34N8O2/c1-17(34-2)21-12-19-14-28-25(32-23(19)24(30-21)29-20-4-3-11-35-16-20)31-22-6-5-18(13-27-22)15-33-9-7-26-8-10-33/h5-6,12-14,17,20,26H,3-4,7-11,15-16H2,1-2H3,(H,29,30)(H,27,28,31,32)/t17-,20+/m1/s1. The summed E-state index contributed by atoms with van der Waals surface area (Å²) >= 11 is 0. The predicted octanol–water partition coefficient (Wildman–Crippen LogP) is 2.87. The Hall–Kier alpha value is -2.92. The van der Waals surface area contributed by atoms with E-state index in [1.165, 1.54) is 5.56 Å². The Labute approximate surface area is 205 Å². The first kappa shape index (κ1) is 23.8. The van der Waals surface area contributed by atoms with Gasteiger partial charge in [0, 0.05) is 64.2 Å². The van der Waals surface area contributed by atoms with Crippen molar-refractivity contribution in [2.75, 3.05) is 57.1 Å². The van der Waals surface area contributed by atoms with E-state index in [1.54, 1.807) is 7.11 Å². The molecule has 10 nitrogen and oxygen atoms in total. The molecule has 0 saturated carbocycles. The first-order chi connectivity index (χ1) is 17.2. The van der Waals surface area contributed by atoms with E-state index in [0.717, 1.165) is 74.6 Å². The summed E-state index contributed by atoms with van der Waals surface area (Å²) < 4.78 is 11.2. The number of piperazine rings is 1. The highest BCUT2D eigenvalue weighted by atomic mass is 16.5. The van der Waals surface area contributed by atoms with Gasteiger partial charge in [-0.2, -0.15) is 0 Å². The topological polar surface area (TPSA) is 109 Å². The quantitative estimate of drug-likeness (QED) is 0.447. The molecule has 0 amide bonds. The Bertz CT molecular complexity index is 1110. The fraction of sp³-hybridized carbons (Fsp3) is 0.520. The molecule has 10 heteroatoms. The van der Waals surface area contributed by atoms with Crippen molar-refractivity contribution in [3.63, 3.8) is 0 Å². The zero-order chi connectivity index (χ0) is 24.0. The Balaban J connectivity index is 1.35. The second-order valence-corrected chi connectivity index (χ2v) is 9.17. The summed E-state index contributed by atoms with van der Waals surface area (Å²) in [6.45, 7) is 8.57. The van der Waals surface area contributed by atoms with E-state index in [1.807, 2.05) is 31.5 Å². The van der Waals surface area contributed by atoms with Gasteiger partial charge < -0.3 is 25.4 Å². The molecule has 5 heterocycles. The highest BCUT2D eigenvalue weighted by molar-refractivity contribution is 5.89. The largest absolute Gasteiger partial charge is 0.379 e. The SMILES string of the molecule is CO[C@H](C)c1cc2cnc(Nc3ccc(CN4CCNCC4)cn3)nc2c(N[C@H]2CCCOC2)n1. The third-order valence-electron chi connectivity index (χ3n) is 6.54. The zero-order valence-electron chi connectivity index (χ0n) is 20.5. The summed E-state index contributed by atoms with van der Waals surface area (Å²) in [7, 11) is 1.68. The number of nitrogens with one attached hydrogen (secondary N) is 3. The molecule has 0 radical (unpaired) electrons. The summed E-state index contributed by atoms with van der Waals surface area (Å²) in [5.74, 6) is 1.92. The number of aromatic nitrogens is 4. The van der Waals surface area contributed by atoms with Crippen molar-refractivity contribution in [3.8, 4) is 0 Å². The molecule has 186 valence electrons. The molecule has 2 atom stereocenters. The maximum absolute atomic E-state index is 5.65. The van der Waals surface area contributed by atoms with Crippen molar-refractivity contribution < 1.29 is 9.47 Å². The molecule has 0 unspecified atom stereocenters. The second-order valence-electron chi connectivity index (χ2n) is 9.17. The molecule has 2 fully saturated rings. The molecule has 0 bridgehead atoms. The summed E-state index contributed by atoms with van der Waals surface area (Å²) in [6.07, 6.45) is 5.67. The van der Waals surface area contributed by atoms with E-state index in [9.17, 15) is 0 Å². The van der Waals surface area contributed by atoms with Crippen LogP contribution in [-0.4, -0.2) is 77.4 Å². The van der Waals surface area contributed by atoms with Gasteiger partial charge in [-0.25, -0.2) is 19.9 Å². The van der Waals surface area contributed by atoms with E-state index in [0.29, 0.717) is 18.4 Å². The molecular formula is C25H34N8O2. The minimum Gasteiger partial charge on any atom is -0.379 e. The lowest BCUT2D eigenvalue weighted by molar-refractivity contribution is 0.0875. The number of fused-ring (bicyclic) bond motifs is 1. The normalized spacial score (nSPS) is 20.0. The summed E-state index contributed by atoms with van der Waals surface area (Å²) in [4.78, 5) is 21.2. The van der Waals surface area contributed by atoms with Crippen LogP contribution in [0.25, 0.3) is 10.9 Å². The van der Waals surface area contributed by atoms with Crippen LogP contribution in [0.2, 0.25) is 0 Å². The monoisotopic (exact) mass is 478 g/mol. The highest BCUT2D eigenvalue weighted by Gasteiger charge is 2.19. The van der Waals surface area contributed by atoms with Crippen LogP contribution in [0, 0.1) is 0 Å². The fourth-order valence-corrected chi connectivity index (χ4v) is 4.43. The molecule has 0 aromatic carbocycles. The Morgan fingerprint density at radius 2 is 2.09 bits per heavy atom. The molecule has 3 N–H and O–H groups in total. The average Bonchev–Trinajstić information content (AvgIpc) is 2.90. The number of pyridine rings is 2. The van der Waals surface area contributed by atoms with Crippen LogP contribution in [0.4, 0.5) is 17.6 Å². The van der Waals surface area contributed by atoms with Crippen LogP contribution in [0.5, 0.6) is 0 Å². The first-order valence-corrected chi connectivity index (χ1v) is 12.4. The fourth-order valence-electron chi connectivity index (χ4n) is 4.43. The van der Waals surface area contributed by atoms with Crippen LogP contribution in [-0.2, 0) is 16.0 Å². The van der Waals surface area contributed by atoms with Crippen molar-refractivity contribution in [1.29, 1.82) is 0 Å². The molecule has 3 aromatic rings. The lowest BCUT2D eigenvalue weighted by Crippen LogP contribution is -2.42. The Morgan fingerprint density at radius 3 is 2.83 bits per heavy atom. The number of ether oxygens (including phenoxy) is 2. The Morgan fingerprint density at radius 1 is 1.20 bits per heavy atom. The van der Waals surface area contributed by atoms with Gasteiger partial charge >= 0.3 is 0 Å². The van der Waals surface area contributed by atoms with Gasteiger partial charge in [-0.3, -0.25) is 4.90 Å². The van der Waals surface area contributed by atoms with Gasteiger partial charge in [0.2, 0.25) is 5.95 Å². The molecule has 2 aliphatic rings. The molecule has 5 rings (SSSR count). The van der Waals surface area contributed by atoms with Gasteiger partial charge in [0.1, 0.15) is 11.3 Å². The summed E-state index contributed by atoms with van der Waals surface area (Å²) in [5, 5.41) is 11.1. The maximum Gasteiger partial charge on any atom is 0.229 e. The van der Waals surface area contributed by atoms with Gasteiger partial charge in [0.15, 0.2) is 5.82 Å². The number of rotatable bonds is 8. The van der Waals surface area contributed by atoms with Crippen LogP contribution in [0.1, 0.15) is 37.1 Å². The van der Waals surface area contributed by atoms with Gasteiger partial charge in [0.25, 0.3) is 0 Å². The minimum atomic E-state index is -0.135. The summed E-state index contributed by atoms with van der Waals surface area (Å²) in [5.41, 5.74) is 2.79. The molecule has 2 saturated heterocycles. The van der Waals surface area contributed by atoms with Crippen molar-refractivity contribution in [3.05, 3.63) is 41.9 Å². The molecule has 0 aliphatic carbocycles. The van der Waals surface area contributed by atoms with Crippen LogP contribution in [0.3, 0.4) is 0 Å². The molecule has 2 aliphatic heterocycles. The van der Waals surface area contributed by atoms with Crippen LogP contribution in [0.15, 0.2) is 30.6 Å². The predicted molar refractivity (Wildman–Crippen MR) is 136 cm³/mol. The Kier molecular flexibility index (Phi) is 7.63. The van der Waals surface area contributed by atoms with Crippen LogP contribution < -0.4 is 16.0 Å². The van der Waals surface area contributed by atoms with Gasteiger partial charge in [0.05, 0.1) is 24.4 Å². The first-order valence-electron chi connectivity index (χ1n) is 12.4. The van der Waals surface area contributed by atoms with E-state index < -0.39 is 0 Å². The number of methoxy groups -OCH3 is 1. The van der Waals surface area contributed by atoms with E-state index in [2.05, 4.69) is 36.9 Å². The van der Waals surface area contributed by atoms with E-state index in [4.69, 9.17) is 19.4 Å². The average molecular weight is 479 g/mol. The smallest absolute Gasteiger partial charge is 0.229 e. The third-order valence-corrected chi connectivity index (χ3v) is 6.54. The third kappa shape index (κ3) is 6.02. The van der Waals surface area contributed by atoms with Crippen molar-refractivity contribution in [2.45, 2.75) is 38.5 Å². The van der Waals surface area contributed by atoms with E-state index >= 15 is 0 Å². The highest BCUT2D eigenvalue weighted by Crippen LogP contribution is 2.27. The minimum absolute atomic E-state index is 0.135. The number of nitrogens with zero attached hydrogens (tertiary/aromatic N) is 5. The van der Waals surface area contributed by atoms with E-state index in [-0.39, 0.29) is 12.1 Å². The van der Waals surface area contributed by atoms with Gasteiger partial charge in [-0.15, -0.1) is 0 Å². The van der Waals surface area contributed by atoms with Gasteiger partial charge in [-0.05, 0) is 37.5 Å². The van der Waals surface area contributed by atoms with Gasteiger partial charge in [-0.1, -0.05) is 6.07 Å². The van der Waals surface area contributed by atoms with Crippen molar-refractivity contribution in [2.24, 2.45) is 0 Å². The molecule has 35 heavy (non-hydrogen) atoms. The number of hydrogen-bond donors (Lipinski definition) is 3. The second kappa shape index (κ2) is 11.2. The molecule has 3 aromatic heterocycles. The zero-order valence-corrected chi connectivity index (χ0v) is 20.5.